The van der Waals surface area contributed by atoms with Gasteiger partial charge in [0.2, 0.25) is 0 Å². The molecule has 0 aliphatic carbocycles. The van der Waals surface area contributed by atoms with E-state index in [9.17, 15) is 13.2 Å². The number of unbranched alkanes of at least 4 members (excludes halogenated alkanes) is 3. The van der Waals surface area contributed by atoms with Crippen molar-refractivity contribution in [3.63, 3.8) is 0 Å². The van der Waals surface area contributed by atoms with Gasteiger partial charge in [-0.3, -0.25) is 0 Å². The first kappa shape index (κ1) is 22.3. The summed E-state index contributed by atoms with van der Waals surface area (Å²) in [7, 11) is -3.86. The van der Waals surface area contributed by atoms with Crippen LogP contribution in [-0.4, -0.2) is 64.6 Å². The van der Waals surface area contributed by atoms with E-state index in [2.05, 4.69) is 23.6 Å². The molecule has 1 aromatic rings. The van der Waals surface area contributed by atoms with E-state index in [0.29, 0.717) is 19.6 Å². The molecular weight excluding hydrogens is 354 g/mol. The van der Waals surface area contributed by atoms with Crippen molar-refractivity contribution in [2.24, 2.45) is 0 Å². The predicted octanol–water partition coefficient (Wildman–Crippen LogP) is 2.74. The average Bonchev–Trinajstić information content (AvgIpc) is 3.12. The van der Waals surface area contributed by atoms with Crippen LogP contribution in [0.25, 0.3) is 0 Å². The highest BCUT2D eigenvalue weighted by Gasteiger charge is 2.28. The molecule has 26 heavy (non-hydrogen) atoms. The molecule has 0 fully saturated rings. The van der Waals surface area contributed by atoms with Crippen LogP contribution in [-0.2, 0) is 10.0 Å². The Bertz CT molecular complexity index is 672. The van der Waals surface area contributed by atoms with Crippen LogP contribution in [0.5, 0.6) is 0 Å². The first-order chi connectivity index (χ1) is 12.4. The Morgan fingerprint density at radius 1 is 1.19 bits per heavy atom. The van der Waals surface area contributed by atoms with Crippen molar-refractivity contribution >= 4 is 16.1 Å². The lowest BCUT2D eigenvalue weighted by Crippen LogP contribution is -2.36. The van der Waals surface area contributed by atoms with E-state index in [-0.39, 0.29) is 17.7 Å². The van der Waals surface area contributed by atoms with Gasteiger partial charge in [-0.25, -0.2) is 18.2 Å². The van der Waals surface area contributed by atoms with Gasteiger partial charge in [0.15, 0.2) is 0 Å². The third-order valence-electron chi connectivity index (χ3n) is 3.98. The predicted molar refractivity (Wildman–Crippen MR) is 101 cm³/mol. The van der Waals surface area contributed by atoms with E-state index in [1.807, 2.05) is 13.8 Å². The highest BCUT2D eigenvalue weighted by molar-refractivity contribution is 7.88. The number of hydrogen-bond acceptors (Lipinski definition) is 5. The molecule has 9 heteroatoms. The monoisotopic (exact) mass is 385 g/mol. The van der Waals surface area contributed by atoms with Gasteiger partial charge in [0.25, 0.3) is 15.2 Å². The van der Waals surface area contributed by atoms with Crippen LogP contribution in [0.4, 0.5) is 4.79 Å². The van der Waals surface area contributed by atoms with Crippen LogP contribution < -0.4 is 0 Å². The summed E-state index contributed by atoms with van der Waals surface area (Å²) < 4.78 is 27.9. The van der Waals surface area contributed by atoms with Gasteiger partial charge >= 0.3 is 6.03 Å². The van der Waals surface area contributed by atoms with Crippen LogP contribution in [0.1, 0.15) is 52.9 Å². The maximum atomic E-state index is 12.8. The van der Waals surface area contributed by atoms with Crippen LogP contribution in [0.3, 0.4) is 0 Å². The lowest BCUT2D eigenvalue weighted by Gasteiger charge is -2.19. The van der Waals surface area contributed by atoms with Gasteiger partial charge in [0.1, 0.15) is 6.33 Å². The van der Waals surface area contributed by atoms with Crippen LogP contribution in [0.2, 0.25) is 0 Å². The van der Waals surface area contributed by atoms with Crippen LogP contribution in [0, 0.1) is 0 Å². The van der Waals surface area contributed by atoms with Crippen LogP contribution >= 0.6 is 0 Å². The molecule has 0 spiro atoms. The minimum atomic E-state index is -3.86. The van der Waals surface area contributed by atoms with Crippen molar-refractivity contribution < 1.29 is 13.2 Å². The van der Waals surface area contributed by atoms with E-state index in [1.165, 1.54) is 4.31 Å². The molecule has 0 N–H and O–H groups in total. The second-order valence-electron chi connectivity index (χ2n) is 6.05. The Morgan fingerprint density at radius 3 is 2.50 bits per heavy atom. The number of aromatic nitrogens is 3. The first-order valence-corrected chi connectivity index (χ1v) is 10.7. The molecule has 0 aliphatic heterocycles. The highest BCUT2D eigenvalue weighted by Crippen LogP contribution is 2.13. The third kappa shape index (κ3) is 5.91. The minimum Gasteiger partial charge on any atom is -0.323 e. The second kappa shape index (κ2) is 11.1. The summed E-state index contributed by atoms with van der Waals surface area (Å²) in [5, 5.41) is 3.58. The number of amides is 1. The lowest BCUT2D eigenvalue weighted by molar-refractivity contribution is 0.198. The Morgan fingerprint density at radius 2 is 1.92 bits per heavy atom. The minimum absolute atomic E-state index is 0.188. The topological polar surface area (TPSA) is 88.4 Å². The molecular formula is C17H31N5O3S. The summed E-state index contributed by atoms with van der Waals surface area (Å²) in [6.07, 6.45) is 7.38. The number of carbonyl (C=O) groups excluding carboxylic acids is 1. The Hall–Kier alpha value is -1.74. The maximum Gasteiger partial charge on any atom is 0.346 e. The van der Waals surface area contributed by atoms with E-state index in [4.69, 9.17) is 0 Å². The summed E-state index contributed by atoms with van der Waals surface area (Å²) in [6, 6.07) is -0.374. The Labute approximate surface area is 156 Å². The molecule has 1 rings (SSSR count). The van der Waals surface area contributed by atoms with Crippen molar-refractivity contribution in [1.29, 1.82) is 0 Å². The van der Waals surface area contributed by atoms with E-state index in [1.54, 1.807) is 11.0 Å². The van der Waals surface area contributed by atoms with Crippen molar-refractivity contribution in [3.8, 4) is 0 Å². The standard InChI is InChI=1S/C17H31N5O3S/c1-5-9-10-11-14-21(13-7-3)26(24,25)16-18-15-22(19-16)17(23)20(8-4)12-6-2/h7,15H,3,5-6,8-14H2,1-2,4H3. The summed E-state index contributed by atoms with van der Waals surface area (Å²) in [5.41, 5.74) is 0. The Kier molecular flexibility index (Phi) is 9.50. The van der Waals surface area contributed by atoms with Gasteiger partial charge in [-0.2, -0.15) is 8.99 Å². The van der Waals surface area contributed by atoms with E-state index >= 15 is 0 Å². The smallest absolute Gasteiger partial charge is 0.323 e. The molecule has 0 bridgehead atoms. The molecule has 1 aromatic heterocycles. The van der Waals surface area contributed by atoms with E-state index in [0.717, 1.165) is 43.1 Å². The molecule has 148 valence electrons. The molecule has 0 radical (unpaired) electrons. The summed E-state index contributed by atoms with van der Waals surface area (Å²) >= 11 is 0. The lowest BCUT2D eigenvalue weighted by atomic mass is 10.2. The van der Waals surface area contributed by atoms with Gasteiger partial charge in [-0.15, -0.1) is 11.7 Å². The molecule has 0 unspecified atom stereocenters. The molecule has 1 heterocycles. The normalized spacial score (nSPS) is 11.7. The van der Waals surface area contributed by atoms with Crippen LogP contribution in [0.15, 0.2) is 24.1 Å². The van der Waals surface area contributed by atoms with Crippen molar-refractivity contribution in [3.05, 3.63) is 19.0 Å². The van der Waals surface area contributed by atoms with Gasteiger partial charge in [-0.1, -0.05) is 39.2 Å². The molecule has 0 saturated carbocycles. The van der Waals surface area contributed by atoms with Crippen molar-refractivity contribution in [2.75, 3.05) is 26.2 Å². The van der Waals surface area contributed by atoms with Gasteiger partial charge in [0.05, 0.1) is 0 Å². The first-order valence-electron chi connectivity index (χ1n) is 9.24. The second-order valence-corrected chi connectivity index (χ2v) is 7.88. The van der Waals surface area contributed by atoms with Gasteiger partial charge in [-0.05, 0) is 19.8 Å². The number of rotatable bonds is 12. The molecule has 8 nitrogen and oxygen atoms in total. The average molecular weight is 386 g/mol. The zero-order valence-electron chi connectivity index (χ0n) is 16.1. The largest absolute Gasteiger partial charge is 0.346 e. The van der Waals surface area contributed by atoms with Gasteiger partial charge < -0.3 is 4.90 Å². The zero-order valence-corrected chi connectivity index (χ0v) is 16.9. The molecule has 0 saturated heterocycles. The Balaban J connectivity index is 2.94. The summed E-state index contributed by atoms with van der Waals surface area (Å²) in [4.78, 5) is 17.9. The quantitative estimate of drug-likeness (QED) is 0.408. The van der Waals surface area contributed by atoms with Gasteiger partial charge in [0, 0.05) is 26.2 Å². The molecule has 1 amide bonds. The highest BCUT2D eigenvalue weighted by atomic mass is 32.2. The van der Waals surface area contributed by atoms with E-state index < -0.39 is 10.0 Å². The fraction of sp³-hybridized carbons (Fsp3) is 0.706. The number of nitrogens with zero attached hydrogens (tertiary/aromatic N) is 5. The fourth-order valence-electron chi connectivity index (χ4n) is 2.55. The zero-order chi connectivity index (χ0) is 19.6. The SMILES string of the molecule is C=CCN(CCCCCC)S(=O)(=O)c1ncn(C(=O)N(CC)CCC)n1. The fourth-order valence-corrected chi connectivity index (χ4v) is 3.82. The summed E-state index contributed by atoms with van der Waals surface area (Å²) in [6.45, 7) is 11.2. The molecule has 0 aliphatic rings. The summed E-state index contributed by atoms with van der Waals surface area (Å²) in [5.74, 6) is 0. The van der Waals surface area contributed by atoms with Crippen molar-refractivity contribution in [1.82, 2.24) is 24.0 Å². The molecule has 0 aromatic carbocycles. The number of sulfonamides is 1. The third-order valence-corrected chi connectivity index (χ3v) is 5.64. The van der Waals surface area contributed by atoms with Crippen molar-refractivity contribution in [2.45, 2.75) is 58.0 Å². The maximum absolute atomic E-state index is 12.8. The number of carbonyl (C=O) groups is 1. The number of hydrogen-bond donors (Lipinski definition) is 0. The molecule has 0 atom stereocenters.